The largest absolute Gasteiger partial charge is 0.494 e. The van der Waals surface area contributed by atoms with Gasteiger partial charge in [-0.05, 0) is 36.4 Å². The van der Waals surface area contributed by atoms with E-state index in [0.29, 0.717) is 16.8 Å². The summed E-state index contributed by atoms with van der Waals surface area (Å²) in [6, 6.07) is 16.8. The van der Waals surface area contributed by atoms with E-state index in [1.807, 2.05) is 0 Å². The van der Waals surface area contributed by atoms with Crippen LogP contribution >= 0.6 is 0 Å². The van der Waals surface area contributed by atoms with E-state index in [0.717, 1.165) is 4.68 Å². The number of amides is 2. The van der Waals surface area contributed by atoms with E-state index in [-0.39, 0.29) is 29.0 Å². The molecule has 0 atom stereocenters. The summed E-state index contributed by atoms with van der Waals surface area (Å²) < 4.78 is 29.8. The Hall–Kier alpha value is -4.93. The highest BCUT2D eigenvalue weighted by Crippen LogP contribution is 2.36. The third-order valence-corrected chi connectivity index (χ3v) is 5.07. The van der Waals surface area contributed by atoms with Crippen molar-refractivity contribution in [1.82, 2.24) is 9.78 Å². The molecule has 3 aromatic carbocycles. The lowest BCUT2D eigenvalue weighted by atomic mass is 10.2. The number of nitrogens with zero attached hydrogens (tertiary/aromatic N) is 2. The summed E-state index contributed by atoms with van der Waals surface area (Å²) >= 11 is 0. The number of carbonyl (C=O) groups excluding carboxylic acids is 2. The van der Waals surface area contributed by atoms with Gasteiger partial charge in [-0.15, -0.1) is 5.10 Å². The first-order chi connectivity index (χ1) is 17.4. The highest BCUT2D eigenvalue weighted by molar-refractivity contribution is 6.05. The lowest BCUT2D eigenvalue weighted by Gasteiger charge is -2.16. The van der Waals surface area contributed by atoms with Crippen LogP contribution in [0.2, 0.25) is 0 Å². The number of rotatable bonds is 8. The van der Waals surface area contributed by atoms with E-state index in [1.165, 1.54) is 50.6 Å². The first kappa shape index (κ1) is 24.2. The zero-order chi connectivity index (χ0) is 25.7. The highest BCUT2D eigenvalue weighted by atomic mass is 19.1. The molecule has 0 bridgehead atoms. The summed E-state index contributed by atoms with van der Waals surface area (Å²) in [6.45, 7) is -0.457. The Morgan fingerprint density at radius 1 is 0.944 bits per heavy atom. The quantitative estimate of drug-likeness (QED) is 0.385. The van der Waals surface area contributed by atoms with Gasteiger partial charge in [-0.25, -0.2) is 9.18 Å². The van der Waals surface area contributed by atoms with E-state index in [1.54, 1.807) is 30.3 Å². The van der Waals surface area contributed by atoms with Crippen LogP contribution in [0.25, 0.3) is 11.5 Å². The van der Waals surface area contributed by atoms with Crippen molar-refractivity contribution in [1.29, 1.82) is 0 Å². The maximum Gasteiger partial charge on any atom is 0.437 e. The van der Waals surface area contributed by atoms with Crippen LogP contribution in [0.3, 0.4) is 0 Å². The molecule has 1 heterocycles. The van der Waals surface area contributed by atoms with Gasteiger partial charge in [0.2, 0.25) is 11.8 Å². The van der Waals surface area contributed by atoms with Crippen molar-refractivity contribution in [2.45, 2.75) is 6.54 Å². The number of carbonyl (C=O) groups is 2. The molecule has 1 aromatic heterocycles. The van der Waals surface area contributed by atoms with Gasteiger partial charge < -0.3 is 24.5 Å². The Bertz CT molecular complexity index is 1450. The molecule has 2 N–H and O–H groups in total. The second kappa shape index (κ2) is 10.6. The fourth-order valence-electron chi connectivity index (χ4n) is 3.32. The molecule has 2 amide bonds. The summed E-state index contributed by atoms with van der Waals surface area (Å²) in [5.74, 6) is -1.79. The maximum atomic E-state index is 13.1. The zero-order valence-electron chi connectivity index (χ0n) is 19.3. The second-order valence-electron chi connectivity index (χ2n) is 7.46. The van der Waals surface area contributed by atoms with E-state index in [4.69, 9.17) is 13.9 Å². The van der Waals surface area contributed by atoms with Crippen LogP contribution in [0.4, 0.5) is 15.8 Å². The fourth-order valence-corrected chi connectivity index (χ4v) is 3.32. The SMILES string of the molecule is COc1cc(NC(=O)c2ccccc2)c(OC)cc1NC(=O)Cn1nc(-c2ccc(F)cc2)oc1=O. The topological polar surface area (TPSA) is 125 Å². The van der Waals surface area contributed by atoms with Gasteiger partial charge in [0.05, 0.1) is 25.6 Å². The van der Waals surface area contributed by atoms with Crippen molar-refractivity contribution >= 4 is 23.2 Å². The number of ether oxygens (including phenoxy) is 2. The second-order valence-corrected chi connectivity index (χ2v) is 7.46. The number of nitrogens with one attached hydrogen (secondary N) is 2. The first-order valence-electron chi connectivity index (χ1n) is 10.6. The smallest absolute Gasteiger partial charge is 0.437 e. The van der Waals surface area contributed by atoms with Crippen molar-refractivity contribution in [2.24, 2.45) is 0 Å². The molecule has 0 saturated carbocycles. The van der Waals surface area contributed by atoms with Crippen molar-refractivity contribution in [3.8, 4) is 23.0 Å². The van der Waals surface area contributed by atoms with Crippen LogP contribution in [0.15, 0.2) is 75.9 Å². The van der Waals surface area contributed by atoms with Crippen molar-refractivity contribution in [3.63, 3.8) is 0 Å². The van der Waals surface area contributed by atoms with Crippen LogP contribution in [0, 0.1) is 5.82 Å². The number of benzene rings is 3. The monoisotopic (exact) mass is 492 g/mol. The molecule has 11 heteroatoms. The van der Waals surface area contributed by atoms with Crippen LogP contribution in [-0.4, -0.2) is 35.8 Å². The van der Waals surface area contributed by atoms with Gasteiger partial charge in [0, 0.05) is 23.3 Å². The fraction of sp³-hybridized carbons (Fsp3) is 0.120. The molecular weight excluding hydrogens is 471 g/mol. The molecular formula is C25H21FN4O6. The number of methoxy groups -OCH3 is 2. The van der Waals surface area contributed by atoms with Gasteiger partial charge in [-0.3, -0.25) is 9.59 Å². The number of hydrogen-bond acceptors (Lipinski definition) is 7. The summed E-state index contributed by atoms with van der Waals surface area (Å²) in [5.41, 5.74) is 1.41. The predicted molar refractivity (Wildman–Crippen MR) is 129 cm³/mol. The number of anilines is 2. The van der Waals surface area contributed by atoms with Crippen LogP contribution in [-0.2, 0) is 11.3 Å². The molecule has 0 aliphatic carbocycles. The van der Waals surface area contributed by atoms with Crippen molar-refractivity contribution in [3.05, 3.63) is 88.7 Å². The minimum absolute atomic E-state index is 0.0504. The third kappa shape index (κ3) is 5.41. The van der Waals surface area contributed by atoms with Gasteiger partial charge in [0.15, 0.2) is 0 Å². The molecule has 184 valence electrons. The summed E-state index contributed by atoms with van der Waals surface area (Å²) in [4.78, 5) is 37.4. The minimum atomic E-state index is -0.854. The molecule has 10 nitrogen and oxygen atoms in total. The highest BCUT2D eigenvalue weighted by Gasteiger charge is 2.18. The standard InChI is InChI=1S/C25H21FN4O6/c1-34-20-13-19(28-23(32)15-6-4-3-5-7-15)21(35-2)12-18(20)27-22(31)14-30-25(33)36-24(29-30)16-8-10-17(26)11-9-16/h3-13H,14H2,1-2H3,(H,27,31)(H,28,32). The number of aromatic nitrogens is 2. The van der Waals surface area contributed by atoms with E-state index >= 15 is 0 Å². The molecule has 0 saturated heterocycles. The van der Waals surface area contributed by atoms with Gasteiger partial charge in [0.1, 0.15) is 23.9 Å². The molecule has 0 fully saturated rings. The Morgan fingerprint density at radius 3 is 2.17 bits per heavy atom. The van der Waals surface area contributed by atoms with Crippen LogP contribution in [0.5, 0.6) is 11.5 Å². The molecule has 0 spiro atoms. The molecule has 0 aliphatic rings. The molecule has 0 aliphatic heterocycles. The van der Waals surface area contributed by atoms with E-state index in [2.05, 4.69) is 15.7 Å². The molecule has 36 heavy (non-hydrogen) atoms. The lowest BCUT2D eigenvalue weighted by Crippen LogP contribution is -2.26. The van der Waals surface area contributed by atoms with Crippen LogP contribution in [0.1, 0.15) is 10.4 Å². The molecule has 4 rings (SSSR count). The Morgan fingerprint density at radius 2 is 1.56 bits per heavy atom. The van der Waals surface area contributed by atoms with Gasteiger partial charge in [0.25, 0.3) is 5.91 Å². The average molecular weight is 492 g/mol. The first-order valence-corrected chi connectivity index (χ1v) is 10.6. The van der Waals surface area contributed by atoms with Crippen molar-refractivity contribution in [2.75, 3.05) is 24.9 Å². The minimum Gasteiger partial charge on any atom is -0.494 e. The Kier molecular flexibility index (Phi) is 7.10. The average Bonchev–Trinajstić information content (AvgIpc) is 3.25. The Labute approximate surface area is 204 Å². The molecule has 0 radical (unpaired) electrons. The van der Waals surface area contributed by atoms with Gasteiger partial charge >= 0.3 is 5.76 Å². The number of halogens is 1. The predicted octanol–water partition coefficient (Wildman–Crippen LogP) is 3.55. The molecule has 0 unspecified atom stereocenters. The van der Waals surface area contributed by atoms with Gasteiger partial charge in [-0.1, -0.05) is 18.2 Å². The van der Waals surface area contributed by atoms with E-state index < -0.39 is 24.0 Å². The lowest BCUT2D eigenvalue weighted by molar-refractivity contribution is -0.117. The number of hydrogen-bond donors (Lipinski definition) is 2. The van der Waals surface area contributed by atoms with Crippen LogP contribution < -0.4 is 25.9 Å². The molecule has 4 aromatic rings. The Balaban J connectivity index is 1.51. The summed E-state index contributed by atoms with van der Waals surface area (Å²) in [5, 5.41) is 9.38. The normalized spacial score (nSPS) is 10.5. The third-order valence-electron chi connectivity index (χ3n) is 5.07. The van der Waals surface area contributed by atoms with Crippen molar-refractivity contribution < 1.29 is 27.9 Å². The maximum absolute atomic E-state index is 13.1. The van der Waals surface area contributed by atoms with E-state index in [9.17, 15) is 18.8 Å². The summed E-state index contributed by atoms with van der Waals surface area (Å²) in [6.07, 6.45) is 0. The summed E-state index contributed by atoms with van der Waals surface area (Å²) in [7, 11) is 2.81. The van der Waals surface area contributed by atoms with Gasteiger partial charge in [-0.2, -0.15) is 4.68 Å². The zero-order valence-corrected chi connectivity index (χ0v) is 19.3.